The molecule has 0 spiro atoms. The molecule has 0 atom stereocenters. The van der Waals surface area contributed by atoms with Crippen molar-refractivity contribution >= 4 is 6.21 Å². The van der Waals surface area contributed by atoms with Gasteiger partial charge in [-0.15, -0.1) is 0 Å². The molecule has 0 N–H and O–H groups in total. The first-order valence-electron chi connectivity index (χ1n) is 2.30. The van der Waals surface area contributed by atoms with Gasteiger partial charge in [-0.3, -0.25) is 6.42 Å². The first-order valence-corrected chi connectivity index (χ1v) is 2.30. The van der Waals surface area contributed by atoms with E-state index in [0.717, 1.165) is 6.42 Å². The molecular formula is C5H8N2UY-2. The molecule has 0 aromatic heterocycles. The molecule has 0 unspecified atom stereocenters. The van der Waals surface area contributed by atoms with Crippen LogP contribution in [0.2, 0.25) is 0 Å². The smallest absolute Gasteiger partial charge is 0 e. The summed E-state index contributed by atoms with van der Waals surface area (Å²) < 4.78 is 0. The summed E-state index contributed by atoms with van der Waals surface area (Å²) >= 11 is 0. The van der Waals surface area contributed by atoms with Crippen molar-refractivity contribution in [2.24, 2.45) is 5.10 Å². The van der Waals surface area contributed by atoms with E-state index in [0.29, 0.717) is 0 Å². The summed E-state index contributed by atoms with van der Waals surface area (Å²) in [5.74, 6) is 0. The maximum absolute atomic E-state index is 3.86. The van der Waals surface area contributed by atoms with Gasteiger partial charge in [-0.05, 0) is 7.05 Å². The first kappa shape index (κ1) is 13.2. The van der Waals surface area contributed by atoms with Crippen molar-refractivity contribution in [2.45, 2.75) is 13.3 Å². The van der Waals surface area contributed by atoms with Gasteiger partial charge in [0.25, 0.3) is 0 Å². The van der Waals surface area contributed by atoms with Crippen LogP contribution in [0.5, 0.6) is 0 Å². The summed E-state index contributed by atoms with van der Waals surface area (Å²) in [6.45, 7) is 2.05. The summed E-state index contributed by atoms with van der Waals surface area (Å²) in [7, 11) is 1.93. The average molecular weight is 423 g/mol. The summed E-state index contributed by atoms with van der Waals surface area (Å²) in [4.78, 5) is 0. The SMILES string of the molecule is C[C-]1C[C-]=NN1C.[U].[Y]. The molecule has 1 heterocycles. The van der Waals surface area contributed by atoms with Crippen molar-refractivity contribution in [2.75, 3.05) is 7.05 Å². The molecule has 1 radical (unpaired) electrons. The molecule has 1 aliphatic heterocycles. The standard InChI is InChI=1S/C5H8N2.U.Y/c1-5-3-4-6-7(5)2;;/h3H2,1-2H3;;/q-2;;. The van der Waals surface area contributed by atoms with E-state index in [4.69, 9.17) is 0 Å². The number of hydrogen-bond acceptors (Lipinski definition) is 2. The number of hydrogen-bond donors (Lipinski definition) is 0. The van der Waals surface area contributed by atoms with Crippen molar-refractivity contribution in [3.63, 3.8) is 0 Å². The van der Waals surface area contributed by atoms with Gasteiger partial charge in [0.2, 0.25) is 0 Å². The fourth-order valence-corrected chi connectivity index (χ4v) is 0.456. The minimum atomic E-state index is 0. The number of rotatable bonds is 0. The van der Waals surface area contributed by atoms with Crippen molar-refractivity contribution in [3.05, 3.63) is 6.04 Å². The molecule has 1 rings (SSSR count). The third-order valence-electron chi connectivity index (χ3n) is 1.11. The van der Waals surface area contributed by atoms with Crippen LogP contribution in [0.3, 0.4) is 0 Å². The maximum atomic E-state index is 3.86. The zero-order valence-corrected chi connectivity index (χ0v) is 12.7. The maximum Gasteiger partial charge on any atom is 0 e. The molecule has 1 aliphatic rings. The Hall–Kier alpha value is 1.63. The van der Waals surface area contributed by atoms with Crippen LogP contribution in [0.4, 0.5) is 0 Å². The van der Waals surface area contributed by atoms with Gasteiger partial charge >= 0.3 is 0 Å². The minimum absolute atomic E-state index is 0. The van der Waals surface area contributed by atoms with Crippen LogP contribution in [0, 0.1) is 37.2 Å². The summed E-state index contributed by atoms with van der Waals surface area (Å²) in [6, 6.07) is 1.26. The molecule has 9 heavy (non-hydrogen) atoms. The monoisotopic (exact) mass is 423 g/mol. The van der Waals surface area contributed by atoms with Gasteiger partial charge in [0.05, 0.1) is 0 Å². The van der Waals surface area contributed by atoms with Crippen LogP contribution in [-0.2, 0) is 32.7 Å². The molecule has 0 aromatic rings. The quantitative estimate of drug-likeness (QED) is 0.525. The Labute approximate surface area is 105 Å². The van der Waals surface area contributed by atoms with Crippen molar-refractivity contribution in [3.8, 4) is 0 Å². The topological polar surface area (TPSA) is 15.6 Å². The fourth-order valence-electron chi connectivity index (χ4n) is 0.456. The summed E-state index contributed by atoms with van der Waals surface area (Å²) in [6.07, 6.45) is 3.73. The zero-order chi connectivity index (χ0) is 5.28. The molecule has 0 aliphatic carbocycles. The molecule has 0 amide bonds. The van der Waals surface area contributed by atoms with Crippen molar-refractivity contribution in [1.82, 2.24) is 5.01 Å². The van der Waals surface area contributed by atoms with Crippen molar-refractivity contribution in [1.29, 1.82) is 0 Å². The van der Waals surface area contributed by atoms with Crippen LogP contribution < -0.4 is 0 Å². The molecule has 4 heteroatoms. The third-order valence-corrected chi connectivity index (χ3v) is 1.11. The van der Waals surface area contributed by atoms with Gasteiger partial charge in [0.15, 0.2) is 0 Å². The fraction of sp³-hybridized carbons (Fsp3) is 0.600. The average Bonchev–Trinajstić information content (AvgIpc) is 1.91. The molecule has 47 valence electrons. The normalized spacial score (nSPS) is 16.9. The third kappa shape index (κ3) is 4.14. The van der Waals surface area contributed by atoms with Gasteiger partial charge in [0, 0.05) is 63.8 Å². The molecule has 0 saturated carbocycles. The first-order chi connectivity index (χ1) is 3.30. The van der Waals surface area contributed by atoms with Gasteiger partial charge in [0.1, 0.15) is 0 Å². The number of nitrogens with zero attached hydrogens (tertiary/aromatic N) is 2. The van der Waals surface area contributed by atoms with Crippen LogP contribution in [0.15, 0.2) is 5.10 Å². The second kappa shape index (κ2) is 6.34. The van der Waals surface area contributed by atoms with E-state index in [1.807, 2.05) is 19.0 Å². The molecule has 0 saturated heterocycles. The van der Waals surface area contributed by atoms with E-state index in [9.17, 15) is 0 Å². The van der Waals surface area contributed by atoms with E-state index in [1.54, 1.807) is 0 Å². The molecule has 0 aromatic carbocycles. The van der Waals surface area contributed by atoms with E-state index in [1.165, 1.54) is 6.04 Å². The minimum Gasteiger partial charge on any atom is -0.481 e. The Bertz CT molecular complexity index is 97.0. The van der Waals surface area contributed by atoms with Crippen LogP contribution >= 0.6 is 0 Å². The Morgan fingerprint density at radius 2 is 2.22 bits per heavy atom. The Morgan fingerprint density at radius 1 is 1.67 bits per heavy atom. The Balaban J connectivity index is 0. The van der Waals surface area contributed by atoms with Gasteiger partial charge in [-0.2, -0.15) is 6.92 Å². The molecule has 2 nitrogen and oxygen atoms in total. The van der Waals surface area contributed by atoms with Gasteiger partial charge < -0.3 is 16.3 Å². The van der Waals surface area contributed by atoms with E-state index in [-0.39, 0.29) is 63.8 Å². The van der Waals surface area contributed by atoms with Gasteiger partial charge in [-0.25, -0.2) is 6.04 Å². The number of hydrazone groups is 1. The summed E-state index contributed by atoms with van der Waals surface area (Å²) in [5.41, 5.74) is 0. The van der Waals surface area contributed by atoms with Crippen LogP contribution in [0.1, 0.15) is 13.3 Å². The van der Waals surface area contributed by atoms with E-state index >= 15 is 0 Å². The molecule has 0 fully saturated rings. The van der Waals surface area contributed by atoms with Gasteiger partial charge in [-0.1, -0.05) is 0 Å². The molecule has 0 bridgehead atoms. The predicted octanol–water partition coefficient (Wildman–Crippen LogP) is 0.734. The Kier molecular flexibility index (Phi) is 9.33. The summed E-state index contributed by atoms with van der Waals surface area (Å²) in [5, 5.41) is 5.70. The largest absolute Gasteiger partial charge is 0.481 e. The second-order valence-electron chi connectivity index (χ2n) is 1.69. The Morgan fingerprint density at radius 3 is 2.33 bits per heavy atom. The zero-order valence-electron chi connectivity index (χ0n) is 5.68. The molecular weight excluding hydrogens is 415 g/mol. The van der Waals surface area contributed by atoms with Crippen LogP contribution in [0.25, 0.3) is 0 Å². The second-order valence-corrected chi connectivity index (χ2v) is 1.69. The van der Waals surface area contributed by atoms with E-state index in [2.05, 4.69) is 11.3 Å². The van der Waals surface area contributed by atoms with Crippen molar-refractivity contribution < 1.29 is 63.8 Å². The van der Waals surface area contributed by atoms with Crippen LogP contribution in [-0.4, -0.2) is 18.3 Å². The predicted molar refractivity (Wildman–Crippen MR) is 28.7 cm³/mol. The van der Waals surface area contributed by atoms with E-state index < -0.39 is 0 Å².